The number of hydrogen-bond donors (Lipinski definition) is 0. The number of aromatic nitrogens is 3. The molecular weight excluding hydrogens is 418 g/mol. The van der Waals surface area contributed by atoms with Gasteiger partial charge in [-0.2, -0.15) is 5.10 Å². The topological polar surface area (TPSA) is 75.5 Å². The van der Waals surface area contributed by atoms with E-state index in [9.17, 15) is 4.79 Å². The molecule has 0 atom stereocenters. The molecule has 4 aromatic rings. The van der Waals surface area contributed by atoms with Crippen LogP contribution in [0.5, 0.6) is 11.5 Å². The van der Waals surface area contributed by atoms with Crippen molar-refractivity contribution in [1.82, 2.24) is 14.8 Å². The summed E-state index contributed by atoms with van der Waals surface area (Å²) < 4.78 is 18.2. The number of pyridine rings is 1. The van der Waals surface area contributed by atoms with Gasteiger partial charge in [0.15, 0.2) is 11.5 Å². The van der Waals surface area contributed by atoms with Crippen molar-refractivity contribution in [3.8, 4) is 28.4 Å². The van der Waals surface area contributed by atoms with Gasteiger partial charge < -0.3 is 14.2 Å². The highest BCUT2D eigenvalue weighted by molar-refractivity contribution is 6.21. The van der Waals surface area contributed by atoms with Crippen LogP contribution in [0.1, 0.15) is 11.3 Å². The fourth-order valence-electron chi connectivity index (χ4n) is 3.65. The van der Waals surface area contributed by atoms with Gasteiger partial charge in [0.05, 0.1) is 24.1 Å². The van der Waals surface area contributed by atoms with Crippen LogP contribution in [0.15, 0.2) is 79.1 Å². The van der Waals surface area contributed by atoms with E-state index in [2.05, 4.69) is 4.98 Å². The molecule has 0 aliphatic carbocycles. The Morgan fingerprint density at radius 1 is 1.00 bits per heavy atom. The number of benzene rings is 2. The van der Waals surface area contributed by atoms with E-state index in [-0.39, 0.29) is 0 Å². The Hall–Kier alpha value is -4.39. The predicted octanol–water partition coefficient (Wildman–Crippen LogP) is 4.42. The number of esters is 1. The standard InChI is InChI=1S/C26H21N3O4/c1-31-26(30)21(22-9-5-6-12-27-22)15-19-17-29(20-7-3-2-4-8-20)28-25(19)18-10-11-23-24(16-18)33-14-13-32-23/h2-12,15-17H,13-14H2,1H3. The molecule has 1 aliphatic rings. The number of rotatable bonds is 5. The fourth-order valence-corrected chi connectivity index (χ4v) is 3.65. The molecule has 2 aromatic carbocycles. The van der Waals surface area contributed by atoms with Gasteiger partial charge in [0.25, 0.3) is 0 Å². The first-order valence-electron chi connectivity index (χ1n) is 10.5. The minimum atomic E-state index is -0.478. The van der Waals surface area contributed by atoms with Crippen molar-refractivity contribution in [2.75, 3.05) is 20.3 Å². The summed E-state index contributed by atoms with van der Waals surface area (Å²) in [4.78, 5) is 17.0. The van der Waals surface area contributed by atoms with E-state index < -0.39 is 5.97 Å². The van der Waals surface area contributed by atoms with E-state index in [1.165, 1.54) is 7.11 Å². The Balaban J connectivity index is 1.68. The van der Waals surface area contributed by atoms with Crippen LogP contribution in [0.2, 0.25) is 0 Å². The third-order valence-corrected chi connectivity index (χ3v) is 5.22. The second kappa shape index (κ2) is 9.00. The van der Waals surface area contributed by atoms with Crippen LogP contribution in [0.3, 0.4) is 0 Å². The first-order valence-corrected chi connectivity index (χ1v) is 10.5. The van der Waals surface area contributed by atoms with E-state index in [1.54, 1.807) is 29.1 Å². The predicted molar refractivity (Wildman–Crippen MR) is 124 cm³/mol. The van der Waals surface area contributed by atoms with Gasteiger partial charge in [0.2, 0.25) is 0 Å². The Bertz CT molecular complexity index is 1310. The molecule has 1 aliphatic heterocycles. The smallest absolute Gasteiger partial charge is 0.340 e. The zero-order valence-corrected chi connectivity index (χ0v) is 18.0. The maximum absolute atomic E-state index is 12.6. The molecule has 2 aromatic heterocycles. The molecule has 0 saturated heterocycles. The van der Waals surface area contributed by atoms with Gasteiger partial charge in [-0.1, -0.05) is 24.3 Å². The first-order chi connectivity index (χ1) is 16.2. The van der Waals surface area contributed by atoms with Crippen molar-refractivity contribution >= 4 is 17.6 Å². The zero-order valence-electron chi connectivity index (χ0n) is 18.0. The molecule has 0 fully saturated rings. The average Bonchev–Trinajstić information content (AvgIpc) is 3.31. The second-order valence-corrected chi connectivity index (χ2v) is 7.34. The number of ether oxygens (including phenoxy) is 3. The van der Waals surface area contributed by atoms with Gasteiger partial charge in [-0.25, -0.2) is 9.48 Å². The molecule has 33 heavy (non-hydrogen) atoms. The van der Waals surface area contributed by atoms with E-state index in [0.29, 0.717) is 41.7 Å². The number of methoxy groups -OCH3 is 1. The molecule has 5 rings (SSSR count). The van der Waals surface area contributed by atoms with Crippen LogP contribution in [0.4, 0.5) is 0 Å². The fraction of sp³-hybridized carbons (Fsp3) is 0.115. The maximum atomic E-state index is 12.6. The van der Waals surface area contributed by atoms with Crippen molar-refractivity contribution in [2.24, 2.45) is 0 Å². The lowest BCUT2D eigenvalue weighted by Crippen LogP contribution is -2.15. The van der Waals surface area contributed by atoms with Crippen LogP contribution >= 0.6 is 0 Å². The highest BCUT2D eigenvalue weighted by Gasteiger charge is 2.19. The first kappa shape index (κ1) is 20.5. The summed E-state index contributed by atoms with van der Waals surface area (Å²) in [6.45, 7) is 1.02. The van der Waals surface area contributed by atoms with Crippen molar-refractivity contribution < 1.29 is 19.0 Å². The minimum absolute atomic E-state index is 0.338. The third kappa shape index (κ3) is 4.21. The van der Waals surface area contributed by atoms with Crippen molar-refractivity contribution in [2.45, 2.75) is 0 Å². The molecule has 0 spiro atoms. The molecule has 164 valence electrons. The van der Waals surface area contributed by atoms with Crippen LogP contribution in [-0.2, 0) is 9.53 Å². The summed E-state index contributed by atoms with van der Waals surface area (Å²) in [5.41, 5.74) is 4.02. The molecule has 0 N–H and O–H groups in total. The van der Waals surface area contributed by atoms with E-state index >= 15 is 0 Å². The quantitative estimate of drug-likeness (QED) is 0.339. The molecule has 0 saturated carbocycles. The number of fused-ring (bicyclic) bond motifs is 1. The van der Waals surface area contributed by atoms with Crippen LogP contribution in [0, 0.1) is 0 Å². The summed E-state index contributed by atoms with van der Waals surface area (Å²) in [5.74, 6) is 0.892. The van der Waals surface area contributed by atoms with Crippen molar-refractivity contribution in [1.29, 1.82) is 0 Å². The largest absolute Gasteiger partial charge is 0.486 e. The average molecular weight is 439 g/mol. The third-order valence-electron chi connectivity index (χ3n) is 5.22. The molecule has 0 radical (unpaired) electrons. The SMILES string of the molecule is COC(=O)C(=Cc1cn(-c2ccccc2)nc1-c1ccc2c(c1)OCCO2)c1ccccn1. The zero-order chi connectivity index (χ0) is 22.6. The summed E-state index contributed by atoms with van der Waals surface area (Å²) in [7, 11) is 1.36. The summed E-state index contributed by atoms with van der Waals surface area (Å²) in [6.07, 6.45) is 5.28. The normalized spacial score (nSPS) is 12.9. The molecule has 7 heteroatoms. The Labute approximate surface area is 190 Å². The van der Waals surface area contributed by atoms with Crippen molar-refractivity contribution in [3.63, 3.8) is 0 Å². The number of carbonyl (C=O) groups excluding carboxylic acids is 1. The molecule has 3 heterocycles. The summed E-state index contributed by atoms with van der Waals surface area (Å²) in [6, 6.07) is 20.9. The van der Waals surface area contributed by atoms with Gasteiger partial charge in [-0.3, -0.25) is 4.98 Å². The number of hydrogen-bond acceptors (Lipinski definition) is 6. The van der Waals surface area contributed by atoms with Gasteiger partial charge >= 0.3 is 5.97 Å². The summed E-state index contributed by atoms with van der Waals surface area (Å²) >= 11 is 0. The van der Waals surface area contributed by atoms with Gasteiger partial charge in [0.1, 0.15) is 18.9 Å². The monoisotopic (exact) mass is 439 g/mol. The lowest BCUT2D eigenvalue weighted by molar-refractivity contribution is -0.133. The highest BCUT2D eigenvalue weighted by Crippen LogP contribution is 2.36. The Kier molecular flexibility index (Phi) is 5.59. The highest BCUT2D eigenvalue weighted by atomic mass is 16.6. The van der Waals surface area contributed by atoms with Gasteiger partial charge in [-0.05, 0) is 48.5 Å². The number of para-hydroxylation sites is 1. The van der Waals surface area contributed by atoms with E-state index in [1.807, 2.05) is 60.8 Å². The minimum Gasteiger partial charge on any atom is -0.486 e. The van der Waals surface area contributed by atoms with E-state index in [0.717, 1.165) is 16.8 Å². The molecule has 0 bridgehead atoms. The number of nitrogens with zero attached hydrogens (tertiary/aromatic N) is 3. The number of carbonyl (C=O) groups is 1. The van der Waals surface area contributed by atoms with Gasteiger partial charge in [0, 0.05) is 23.5 Å². The van der Waals surface area contributed by atoms with E-state index in [4.69, 9.17) is 19.3 Å². The van der Waals surface area contributed by atoms with Crippen LogP contribution in [0.25, 0.3) is 28.6 Å². The lowest BCUT2D eigenvalue weighted by atomic mass is 10.0. The van der Waals surface area contributed by atoms with Gasteiger partial charge in [-0.15, -0.1) is 0 Å². The van der Waals surface area contributed by atoms with Crippen LogP contribution in [-0.4, -0.2) is 41.1 Å². The molecular formula is C26H21N3O4. The molecule has 0 unspecified atom stereocenters. The van der Waals surface area contributed by atoms with Crippen LogP contribution < -0.4 is 9.47 Å². The lowest BCUT2D eigenvalue weighted by Gasteiger charge is -2.18. The molecule has 0 amide bonds. The second-order valence-electron chi connectivity index (χ2n) is 7.34. The maximum Gasteiger partial charge on any atom is 0.340 e. The Morgan fingerprint density at radius 2 is 1.79 bits per heavy atom. The summed E-state index contributed by atoms with van der Waals surface area (Å²) in [5, 5.41) is 4.83. The molecule has 7 nitrogen and oxygen atoms in total. The Morgan fingerprint density at radius 3 is 2.55 bits per heavy atom. The van der Waals surface area contributed by atoms with Crippen molar-refractivity contribution in [3.05, 3.63) is 90.4 Å².